The van der Waals surface area contributed by atoms with Crippen LogP contribution in [0.25, 0.3) is 0 Å². The molecule has 0 amide bonds. The minimum Gasteiger partial charge on any atom is -0.490 e. The smallest absolute Gasteiger partial charge is 0.162 e. The molecule has 1 atom stereocenters. The fourth-order valence-corrected chi connectivity index (χ4v) is 2.67. The van der Waals surface area contributed by atoms with Crippen molar-refractivity contribution in [2.24, 2.45) is 0 Å². The molecule has 0 saturated carbocycles. The summed E-state index contributed by atoms with van der Waals surface area (Å²) in [5, 5.41) is 3.48. The molecule has 1 unspecified atom stereocenters. The van der Waals surface area contributed by atoms with Gasteiger partial charge in [0, 0.05) is 10.5 Å². The van der Waals surface area contributed by atoms with Gasteiger partial charge in [0.25, 0.3) is 0 Å². The highest BCUT2D eigenvalue weighted by atomic mass is 79.9. The van der Waals surface area contributed by atoms with Gasteiger partial charge in [-0.25, -0.2) is 0 Å². The Kier molecular flexibility index (Phi) is 7.24. The minimum atomic E-state index is 0.328. The molecule has 0 spiro atoms. The summed E-state index contributed by atoms with van der Waals surface area (Å²) in [6.45, 7) is 10.5. The van der Waals surface area contributed by atoms with Crippen molar-refractivity contribution in [1.82, 2.24) is 5.32 Å². The molecule has 1 N–H and O–H groups in total. The van der Waals surface area contributed by atoms with Gasteiger partial charge in [-0.05, 0) is 44.5 Å². The number of halogens is 1. The molecule has 19 heavy (non-hydrogen) atoms. The quantitative estimate of drug-likeness (QED) is 0.770. The van der Waals surface area contributed by atoms with Crippen molar-refractivity contribution in [2.45, 2.75) is 40.2 Å². The minimum absolute atomic E-state index is 0.328. The Balaban J connectivity index is 3.14. The molecule has 0 radical (unpaired) electrons. The molecule has 0 bridgehead atoms. The average molecular weight is 330 g/mol. The van der Waals surface area contributed by atoms with Gasteiger partial charge in [0.15, 0.2) is 11.5 Å². The Morgan fingerprint density at radius 3 is 2.11 bits per heavy atom. The summed E-state index contributed by atoms with van der Waals surface area (Å²) >= 11 is 3.64. The highest BCUT2D eigenvalue weighted by Crippen LogP contribution is 2.37. The maximum absolute atomic E-state index is 5.68. The molecule has 0 aliphatic rings. The predicted octanol–water partition coefficient (Wildman–Crippen LogP) is 4.31. The van der Waals surface area contributed by atoms with Crippen LogP contribution in [0.3, 0.4) is 0 Å². The summed E-state index contributed by atoms with van der Waals surface area (Å²) in [6.07, 6.45) is 1.03. The van der Waals surface area contributed by atoms with E-state index in [0.29, 0.717) is 19.3 Å². The molecule has 4 heteroatoms. The van der Waals surface area contributed by atoms with Crippen molar-refractivity contribution in [3.8, 4) is 11.5 Å². The third-order valence-electron chi connectivity index (χ3n) is 2.90. The second-order valence-electron chi connectivity index (χ2n) is 4.20. The maximum Gasteiger partial charge on any atom is 0.162 e. The van der Waals surface area contributed by atoms with Gasteiger partial charge in [-0.15, -0.1) is 0 Å². The third-order valence-corrected chi connectivity index (χ3v) is 3.58. The molecule has 1 aromatic rings. The lowest BCUT2D eigenvalue weighted by molar-refractivity contribution is 0.287. The van der Waals surface area contributed by atoms with Gasteiger partial charge in [0.2, 0.25) is 0 Å². The largest absolute Gasteiger partial charge is 0.490 e. The van der Waals surface area contributed by atoms with Gasteiger partial charge >= 0.3 is 0 Å². The van der Waals surface area contributed by atoms with E-state index >= 15 is 0 Å². The fraction of sp³-hybridized carbons (Fsp3) is 0.600. The first-order valence-corrected chi connectivity index (χ1v) is 7.79. The van der Waals surface area contributed by atoms with Gasteiger partial charge in [0.1, 0.15) is 0 Å². The highest BCUT2D eigenvalue weighted by molar-refractivity contribution is 9.10. The number of rotatable bonds is 8. The van der Waals surface area contributed by atoms with E-state index in [9.17, 15) is 0 Å². The number of ether oxygens (including phenoxy) is 2. The van der Waals surface area contributed by atoms with Crippen LogP contribution in [-0.2, 0) is 0 Å². The van der Waals surface area contributed by atoms with E-state index in [-0.39, 0.29) is 0 Å². The third kappa shape index (κ3) is 4.39. The second kappa shape index (κ2) is 8.43. The monoisotopic (exact) mass is 329 g/mol. The maximum atomic E-state index is 5.68. The van der Waals surface area contributed by atoms with Crippen molar-refractivity contribution in [3.63, 3.8) is 0 Å². The summed E-state index contributed by atoms with van der Waals surface area (Å²) in [5.74, 6) is 1.62. The van der Waals surface area contributed by atoms with Crippen LogP contribution in [0.2, 0.25) is 0 Å². The second-order valence-corrected chi connectivity index (χ2v) is 5.06. The van der Waals surface area contributed by atoms with E-state index in [1.54, 1.807) is 0 Å². The van der Waals surface area contributed by atoms with Crippen LogP contribution in [0.1, 0.15) is 45.7 Å². The molecule has 0 aliphatic carbocycles. The highest BCUT2D eigenvalue weighted by Gasteiger charge is 2.16. The van der Waals surface area contributed by atoms with Crippen molar-refractivity contribution < 1.29 is 9.47 Å². The molecule has 0 fully saturated rings. The lowest BCUT2D eigenvalue weighted by Crippen LogP contribution is -2.20. The Morgan fingerprint density at radius 1 is 1.05 bits per heavy atom. The first-order valence-electron chi connectivity index (χ1n) is 7.00. The van der Waals surface area contributed by atoms with Crippen molar-refractivity contribution in [1.29, 1.82) is 0 Å². The van der Waals surface area contributed by atoms with Gasteiger partial charge in [0.05, 0.1) is 13.2 Å². The van der Waals surface area contributed by atoms with Crippen LogP contribution >= 0.6 is 15.9 Å². The topological polar surface area (TPSA) is 30.5 Å². The van der Waals surface area contributed by atoms with E-state index in [4.69, 9.17) is 9.47 Å². The van der Waals surface area contributed by atoms with Crippen molar-refractivity contribution in [2.75, 3.05) is 19.8 Å². The van der Waals surface area contributed by atoms with Crippen LogP contribution in [0.5, 0.6) is 11.5 Å². The number of nitrogens with one attached hydrogen (secondary N) is 1. The molecule has 108 valence electrons. The van der Waals surface area contributed by atoms with Gasteiger partial charge in [-0.2, -0.15) is 0 Å². The Hall–Kier alpha value is -0.740. The van der Waals surface area contributed by atoms with E-state index < -0.39 is 0 Å². The molecule has 1 rings (SSSR count). The number of hydrogen-bond donors (Lipinski definition) is 1. The SMILES string of the molecule is CCNC(CC)c1cc(OCC)c(OCC)cc1Br. The molecule has 0 saturated heterocycles. The molecule has 0 aromatic heterocycles. The van der Waals surface area contributed by atoms with Crippen LogP contribution in [0.15, 0.2) is 16.6 Å². The molecular weight excluding hydrogens is 306 g/mol. The zero-order valence-corrected chi connectivity index (χ0v) is 13.8. The van der Waals surface area contributed by atoms with Crippen molar-refractivity contribution in [3.05, 3.63) is 22.2 Å². The fourth-order valence-electron chi connectivity index (χ4n) is 2.08. The van der Waals surface area contributed by atoms with Crippen LogP contribution in [0, 0.1) is 0 Å². The first-order chi connectivity index (χ1) is 9.17. The van der Waals surface area contributed by atoms with Gasteiger partial charge < -0.3 is 14.8 Å². The van der Waals surface area contributed by atoms with Crippen LogP contribution < -0.4 is 14.8 Å². The van der Waals surface area contributed by atoms with Gasteiger partial charge in [-0.1, -0.05) is 29.8 Å². The normalized spacial score (nSPS) is 12.3. The van der Waals surface area contributed by atoms with Gasteiger partial charge in [-0.3, -0.25) is 0 Å². The van der Waals surface area contributed by atoms with Crippen molar-refractivity contribution >= 4 is 15.9 Å². The Morgan fingerprint density at radius 2 is 1.63 bits per heavy atom. The lowest BCUT2D eigenvalue weighted by Gasteiger charge is -2.20. The Bertz CT molecular complexity index is 396. The molecule has 1 aromatic carbocycles. The lowest BCUT2D eigenvalue weighted by atomic mass is 10.0. The zero-order chi connectivity index (χ0) is 14.3. The van der Waals surface area contributed by atoms with E-state index in [0.717, 1.165) is 28.9 Å². The first kappa shape index (κ1) is 16.3. The van der Waals surface area contributed by atoms with Crippen LogP contribution in [-0.4, -0.2) is 19.8 Å². The predicted molar refractivity (Wildman–Crippen MR) is 83.2 cm³/mol. The summed E-state index contributed by atoms with van der Waals surface area (Å²) in [5.41, 5.74) is 1.22. The molecular formula is C15H24BrNO2. The summed E-state index contributed by atoms with van der Waals surface area (Å²) < 4.78 is 12.4. The molecule has 3 nitrogen and oxygen atoms in total. The summed E-state index contributed by atoms with van der Waals surface area (Å²) in [6, 6.07) is 4.41. The summed E-state index contributed by atoms with van der Waals surface area (Å²) in [4.78, 5) is 0. The molecule has 0 heterocycles. The zero-order valence-electron chi connectivity index (χ0n) is 12.3. The number of benzene rings is 1. The molecule has 0 aliphatic heterocycles. The van der Waals surface area contributed by atoms with E-state index in [1.807, 2.05) is 19.9 Å². The average Bonchev–Trinajstić information content (AvgIpc) is 2.40. The summed E-state index contributed by atoms with van der Waals surface area (Å²) in [7, 11) is 0. The van der Waals surface area contributed by atoms with E-state index in [2.05, 4.69) is 41.2 Å². The van der Waals surface area contributed by atoms with Crippen LogP contribution in [0.4, 0.5) is 0 Å². The standard InChI is InChI=1S/C15H24BrNO2/c1-5-13(17-6-2)11-9-14(18-7-3)15(19-8-4)10-12(11)16/h9-10,13,17H,5-8H2,1-4H3. The Labute approximate surface area is 124 Å². The number of hydrogen-bond acceptors (Lipinski definition) is 3. The van der Waals surface area contributed by atoms with E-state index in [1.165, 1.54) is 5.56 Å².